The molecule has 0 unspecified atom stereocenters. The Hall–Kier alpha value is -3.15. The van der Waals surface area contributed by atoms with Gasteiger partial charge in [-0.1, -0.05) is 25.1 Å². The van der Waals surface area contributed by atoms with Crippen molar-refractivity contribution in [1.82, 2.24) is 9.88 Å². The van der Waals surface area contributed by atoms with Crippen LogP contribution in [0.3, 0.4) is 0 Å². The van der Waals surface area contributed by atoms with Crippen LogP contribution in [-0.4, -0.2) is 34.8 Å². The van der Waals surface area contributed by atoms with Crippen LogP contribution in [-0.2, 0) is 11.2 Å². The fourth-order valence-corrected chi connectivity index (χ4v) is 3.69. The highest BCUT2D eigenvalue weighted by Gasteiger charge is 2.27. The minimum Gasteiger partial charge on any atom is -0.441 e. The number of hydrogen-bond acceptors (Lipinski definition) is 4. The molecule has 1 fully saturated rings. The number of amides is 2. The first kappa shape index (κ1) is 18.2. The van der Waals surface area contributed by atoms with Gasteiger partial charge in [0.1, 0.15) is 5.52 Å². The van der Waals surface area contributed by atoms with E-state index in [0.717, 1.165) is 47.4 Å². The van der Waals surface area contributed by atoms with Crippen LogP contribution in [0.1, 0.15) is 36.0 Å². The number of likely N-dealkylation sites (tertiary alicyclic amines) is 1. The third-order valence-electron chi connectivity index (χ3n) is 5.31. The zero-order valence-corrected chi connectivity index (χ0v) is 15.9. The van der Waals surface area contributed by atoms with Gasteiger partial charge in [0.25, 0.3) is 5.91 Å². The van der Waals surface area contributed by atoms with Gasteiger partial charge < -0.3 is 15.1 Å². The molecular formula is C22H23N3O3. The minimum atomic E-state index is -0.331. The molecule has 144 valence electrons. The zero-order valence-electron chi connectivity index (χ0n) is 15.9. The predicted molar refractivity (Wildman–Crippen MR) is 107 cm³/mol. The maximum atomic E-state index is 12.8. The van der Waals surface area contributed by atoms with Crippen molar-refractivity contribution in [3.63, 3.8) is 0 Å². The second-order valence-electron chi connectivity index (χ2n) is 7.21. The van der Waals surface area contributed by atoms with Crippen LogP contribution >= 0.6 is 0 Å². The number of nitrogens with zero attached hydrogens (tertiary/aromatic N) is 2. The van der Waals surface area contributed by atoms with Crippen molar-refractivity contribution >= 4 is 22.9 Å². The highest BCUT2D eigenvalue weighted by atomic mass is 16.3. The zero-order chi connectivity index (χ0) is 19.7. The summed E-state index contributed by atoms with van der Waals surface area (Å²) in [6, 6.07) is 13.4. The molecule has 28 heavy (non-hydrogen) atoms. The lowest BCUT2D eigenvalue weighted by molar-refractivity contribution is -0.123. The first-order chi connectivity index (χ1) is 13.5. The largest absolute Gasteiger partial charge is 0.441 e. The predicted octanol–water partition coefficient (Wildman–Crippen LogP) is 3.39. The van der Waals surface area contributed by atoms with Crippen LogP contribution in [0.2, 0.25) is 0 Å². The number of fused-ring (bicyclic) bond motifs is 1. The quantitative estimate of drug-likeness (QED) is 0.755. The number of carbonyl (C=O) groups is 2. The van der Waals surface area contributed by atoms with Gasteiger partial charge in [0.2, 0.25) is 5.91 Å². The SMILES string of the molecule is CCc1nc2cc(-c3ccc(C(=O)N4CCC[C@H](C(N)=O)C4)cc3)ccc2o1. The van der Waals surface area contributed by atoms with E-state index in [2.05, 4.69) is 4.98 Å². The number of aryl methyl sites for hydroxylation is 1. The Kier molecular flexibility index (Phi) is 4.86. The molecule has 2 N–H and O–H groups in total. The molecule has 1 aromatic heterocycles. The molecule has 0 radical (unpaired) electrons. The fraction of sp³-hybridized carbons (Fsp3) is 0.318. The van der Waals surface area contributed by atoms with Gasteiger partial charge in [0.05, 0.1) is 5.92 Å². The number of carbonyl (C=O) groups excluding carboxylic acids is 2. The molecule has 4 rings (SSSR count). The van der Waals surface area contributed by atoms with E-state index < -0.39 is 0 Å². The standard InChI is InChI=1S/C22H23N3O3/c1-2-20-24-18-12-16(9-10-19(18)28-20)14-5-7-15(8-6-14)22(27)25-11-3-4-17(13-25)21(23)26/h5-10,12,17H,2-4,11,13H2,1H3,(H2,23,26)/t17-/m0/s1. The second kappa shape index (κ2) is 7.46. The van der Waals surface area contributed by atoms with Crippen LogP contribution < -0.4 is 5.73 Å². The van der Waals surface area contributed by atoms with Crippen LogP contribution in [0.4, 0.5) is 0 Å². The van der Waals surface area contributed by atoms with E-state index in [-0.39, 0.29) is 17.7 Å². The van der Waals surface area contributed by atoms with Crippen LogP contribution in [0.15, 0.2) is 46.9 Å². The number of hydrogen-bond donors (Lipinski definition) is 1. The highest BCUT2D eigenvalue weighted by molar-refractivity contribution is 5.95. The molecule has 6 nitrogen and oxygen atoms in total. The molecule has 2 heterocycles. The van der Waals surface area contributed by atoms with Crippen molar-refractivity contribution in [1.29, 1.82) is 0 Å². The lowest BCUT2D eigenvalue weighted by Crippen LogP contribution is -2.44. The number of aromatic nitrogens is 1. The van der Waals surface area contributed by atoms with Crippen molar-refractivity contribution in [2.75, 3.05) is 13.1 Å². The van der Waals surface area contributed by atoms with Crippen molar-refractivity contribution in [3.05, 3.63) is 53.9 Å². The van der Waals surface area contributed by atoms with Crippen LogP contribution in [0.25, 0.3) is 22.2 Å². The van der Waals surface area contributed by atoms with E-state index in [4.69, 9.17) is 10.2 Å². The molecule has 0 saturated carbocycles. The van der Waals surface area contributed by atoms with E-state index in [1.54, 1.807) is 4.90 Å². The number of oxazole rings is 1. The van der Waals surface area contributed by atoms with E-state index in [9.17, 15) is 9.59 Å². The van der Waals surface area contributed by atoms with Gasteiger partial charge in [0.15, 0.2) is 11.5 Å². The van der Waals surface area contributed by atoms with Crippen molar-refractivity contribution in [2.45, 2.75) is 26.2 Å². The van der Waals surface area contributed by atoms with Gasteiger partial charge in [0, 0.05) is 25.1 Å². The van der Waals surface area contributed by atoms with Gasteiger partial charge in [-0.25, -0.2) is 4.98 Å². The first-order valence-corrected chi connectivity index (χ1v) is 9.63. The first-order valence-electron chi connectivity index (χ1n) is 9.63. The Balaban J connectivity index is 1.53. The second-order valence-corrected chi connectivity index (χ2v) is 7.21. The average molecular weight is 377 g/mol. The third kappa shape index (κ3) is 3.50. The summed E-state index contributed by atoms with van der Waals surface area (Å²) >= 11 is 0. The molecular weight excluding hydrogens is 354 g/mol. The van der Waals surface area contributed by atoms with Crippen LogP contribution in [0, 0.1) is 5.92 Å². The van der Waals surface area contributed by atoms with Crippen molar-refractivity contribution in [3.8, 4) is 11.1 Å². The molecule has 1 atom stereocenters. The van der Waals surface area contributed by atoms with Gasteiger partial charge >= 0.3 is 0 Å². The molecule has 2 aromatic carbocycles. The summed E-state index contributed by atoms with van der Waals surface area (Å²) in [5, 5.41) is 0. The summed E-state index contributed by atoms with van der Waals surface area (Å²) in [5.41, 5.74) is 9.67. The Morgan fingerprint density at radius 2 is 1.93 bits per heavy atom. The van der Waals surface area contributed by atoms with Crippen molar-refractivity contribution in [2.24, 2.45) is 11.7 Å². The smallest absolute Gasteiger partial charge is 0.253 e. The number of nitrogens with two attached hydrogens (primary N) is 1. The van der Waals surface area contributed by atoms with Crippen molar-refractivity contribution < 1.29 is 14.0 Å². The summed E-state index contributed by atoms with van der Waals surface area (Å²) in [4.78, 5) is 30.4. The number of primary amides is 1. The van der Waals surface area contributed by atoms with Crippen LogP contribution in [0.5, 0.6) is 0 Å². The maximum Gasteiger partial charge on any atom is 0.253 e. The van der Waals surface area contributed by atoms with Gasteiger partial charge in [-0.15, -0.1) is 0 Å². The molecule has 1 aliphatic heterocycles. The van der Waals surface area contributed by atoms with E-state index in [1.807, 2.05) is 49.4 Å². The number of piperidine rings is 1. The Bertz CT molecular complexity index is 1020. The molecule has 2 amide bonds. The molecule has 1 saturated heterocycles. The third-order valence-corrected chi connectivity index (χ3v) is 5.31. The average Bonchev–Trinajstić information content (AvgIpc) is 3.16. The topological polar surface area (TPSA) is 89.4 Å². The molecule has 0 bridgehead atoms. The van der Waals surface area contributed by atoms with E-state index in [0.29, 0.717) is 18.7 Å². The fourth-order valence-electron chi connectivity index (χ4n) is 3.69. The van der Waals surface area contributed by atoms with Gasteiger partial charge in [-0.3, -0.25) is 9.59 Å². The maximum absolute atomic E-state index is 12.8. The Labute approximate surface area is 163 Å². The summed E-state index contributed by atoms with van der Waals surface area (Å²) in [7, 11) is 0. The van der Waals surface area contributed by atoms with Gasteiger partial charge in [-0.2, -0.15) is 0 Å². The molecule has 0 aliphatic carbocycles. The summed E-state index contributed by atoms with van der Waals surface area (Å²) < 4.78 is 5.66. The number of benzene rings is 2. The number of rotatable bonds is 4. The normalized spacial score (nSPS) is 17.0. The Morgan fingerprint density at radius 1 is 1.18 bits per heavy atom. The Morgan fingerprint density at radius 3 is 2.64 bits per heavy atom. The molecule has 0 spiro atoms. The van der Waals surface area contributed by atoms with E-state index in [1.165, 1.54) is 0 Å². The van der Waals surface area contributed by atoms with E-state index >= 15 is 0 Å². The monoisotopic (exact) mass is 377 g/mol. The lowest BCUT2D eigenvalue weighted by Gasteiger charge is -2.31. The van der Waals surface area contributed by atoms with Gasteiger partial charge in [-0.05, 0) is 48.2 Å². The summed E-state index contributed by atoms with van der Waals surface area (Å²) in [6.07, 6.45) is 2.31. The highest BCUT2D eigenvalue weighted by Crippen LogP contribution is 2.26. The minimum absolute atomic E-state index is 0.0583. The molecule has 6 heteroatoms. The lowest BCUT2D eigenvalue weighted by atomic mass is 9.96. The summed E-state index contributed by atoms with van der Waals surface area (Å²) in [6.45, 7) is 3.07. The molecule has 1 aliphatic rings. The molecule has 3 aromatic rings. The summed E-state index contributed by atoms with van der Waals surface area (Å²) in [5.74, 6) is 0.0856.